The van der Waals surface area contributed by atoms with E-state index in [1.807, 2.05) is 0 Å². The van der Waals surface area contributed by atoms with Crippen LogP contribution in [-0.4, -0.2) is 25.5 Å². The molecule has 0 aromatic heterocycles. The predicted octanol–water partition coefficient (Wildman–Crippen LogP) is 1.06. The molecule has 1 amide bonds. The van der Waals surface area contributed by atoms with Crippen molar-refractivity contribution in [1.29, 1.82) is 0 Å². The average molecular weight is 191 g/mol. The van der Waals surface area contributed by atoms with Gasteiger partial charge in [0, 0.05) is 0 Å². The van der Waals surface area contributed by atoms with Gasteiger partial charge >= 0.3 is 0 Å². The van der Waals surface area contributed by atoms with E-state index in [-0.39, 0.29) is 0 Å². The molecule has 3 nitrogen and oxygen atoms in total. The Bertz CT molecular complexity index is 216. The molecule has 0 bridgehead atoms. The van der Waals surface area contributed by atoms with Crippen LogP contribution in [0.5, 0.6) is 0 Å². The van der Waals surface area contributed by atoms with Crippen molar-refractivity contribution < 1.29 is 18.3 Å². The summed E-state index contributed by atoms with van der Waals surface area (Å²) < 4.78 is 28.3. The Kier molecular flexibility index (Phi) is 3.67. The minimum atomic E-state index is -2.51. The lowest BCUT2D eigenvalue weighted by atomic mass is 10.1. The highest BCUT2D eigenvalue weighted by atomic mass is 19.3. The Morgan fingerprint density at radius 3 is 3.00 bits per heavy atom. The van der Waals surface area contributed by atoms with Crippen LogP contribution in [0.25, 0.3) is 0 Å². The fourth-order valence-electron chi connectivity index (χ4n) is 1.01. The number of hydrogen-bond acceptors (Lipinski definition) is 2. The highest BCUT2D eigenvalue weighted by Gasteiger charge is 2.14. The molecule has 0 saturated carbocycles. The maximum absolute atomic E-state index is 11.7. The normalized spacial score (nSPS) is 16.4. The highest BCUT2D eigenvalue weighted by Crippen LogP contribution is 2.11. The van der Waals surface area contributed by atoms with E-state index >= 15 is 0 Å². The van der Waals surface area contributed by atoms with Crippen molar-refractivity contribution in [2.24, 2.45) is 0 Å². The lowest BCUT2D eigenvalue weighted by Crippen LogP contribution is -2.30. The highest BCUT2D eigenvalue weighted by molar-refractivity contribution is 5.93. The number of hydrogen-bond donors (Lipinski definition) is 1. The molecule has 0 aromatic rings. The minimum absolute atomic E-state index is 0.437. The smallest absolute Gasteiger partial charge is 0.255 e. The van der Waals surface area contributed by atoms with Gasteiger partial charge in [0.05, 0.1) is 25.0 Å². The third-order valence-electron chi connectivity index (χ3n) is 1.64. The van der Waals surface area contributed by atoms with Crippen molar-refractivity contribution in [3.05, 3.63) is 11.8 Å². The van der Waals surface area contributed by atoms with Gasteiger partial charge in [-0.3, -0.25) is 4.79 Å². The van der Waals surface area contributed by atoms with Crippen LogP contribution in [0.3, 0.4) is 0 Å². The average Bonchev–Trinajstić information content (AvgIpc) is 2.15. The molecule has 5 heteroatoms. The van der Waals surface area contributed by atoms with Gasteiger partial charge in [-0.1, -0.05) is 0 Å². The quantitative estimate of drug-likeness (QED) is 0.724. The van der Waals surface area contributed by atoms with Crippen LogP contribution in [0.15, 0.2) is 11.8 Å². The SMILES string of the molecule is O=C(NCC(F)F)C1=COCCC1. The van der Waals surface area contributed by atoms with E-state index in [0.29, 0.717) is 18.6 Å². The van der Waals surface area contributed by atoms with E-state index in [1.54, 1.807) is 0 Å². The summed E-state index contributed by atoms with van der Waals surface area (Å²) in [7, 11) is 0. The number of ether oxygens (including phenoxy) is 1. The van der Waals surface area contributed by atoms with E-state index < -0.39 is 18.9 Å². The summed E-state index contributed by atoms with van der Waals surface area (Å²) in [6.45, 7) is -0.0121. The Balaban J connectivity index is 2.34. The summed E-state index contributed by atoms with van der Waals surface area (Å²) in [5.74, 6) is -0.458. The van der Waals surface area contributed by atoms with Crippen LogP contribution < -0.4 is 5.32 Å². The standard InChI is InChI=1S/C8H11F2NO2/c9-7(10)4-11-8(12)6-2-1-3-13-5-6/h5,7H,1-4H2,(H,11,12). The number of amides is 1. The van der Waals surface area contributed by atoms with Crippen molar-refractivity contribution in [2.45, 2.75) is 19.3 Å². The fraction of sp³-hybridized carbons (Fsp3) is 0.625. The molecule has 0 saturated heterocycles. The molecule has 13 heavy (non-hydrogen) atoms. The number of rotatable bonds is 3. The van der Waals surface area contributed by atoms with Crippen LogP contribution in [0.1, 0.15) is 12.8 Å². The summed E-state index contributed by atoms with van der Waals surface area (Å²) >= 11 is 0. The zero-order chi connectivity index (χ0) is 9.68. The van der Waals surface area contributed by atoms with Crippen molar-refractivity contribution in [3.8, 4) is 0 Å². The zero-order valence-corrected chi connectivity index (χ0v) is 7.06. The monoisotopic (exact) mass is 191 g/mol. The lowest BCUT2D eigenvalue weighted by Gasteiger charge is -2.13. The Labute approximate surface area is 74.8 Å². The zero-order valence-electron chi connectivity index (χ0n) is 7.06. The van der Waals surface area contributed by atoms with Crippen LogP contribution in [0.4, 0.5) is 8.78 Å². The van der Waals surface area contributed by atoms with Crippen molar-refractivity contribution >= 4 is 5.91 Å². The molecule has 1 rings (SSSR count). The van der Waals surface area contributed by atoms with Crippen LogP contribution >= 0.6 is 0 Å². The fourth-order valence-corrected chi connectivity index (χ4v) is 1.01. The predicted molar refractivity (Wildman–Crippen MR) is 42.3 cm³/mol. The first-order valence-corrected chi connectivity index (χ1v) is 4.07. The van der Waals surface area contributed by atoms with Crippen molar-refractivity contribution in [1.82, 2.24) is 5.32 Å². The molecule has 0 spiro atoms. The molecule has 74 valence electrons. The summed E-state index contributed by atoms with van der Waals surface area (Å²) in [5, 5.41) is 2.11. The van der Waals surface area contributed by atoms with E-state index in [1.165, 1.54) is 6.26 Å². The van der Waals surface area contributed by atoms with Gasteiger partial charge in [0.2, 0.25) is 5.91 Å². The number of nitrogens with one attached hydrogen (secondary N) is 1. The van der Waals surface area contributed by atoms with Crippen LogP contribution in [0.2, 0.25) is 0 Å². The second-order valence-corrected chi connectivity index (χ2v) is 2.72. The molecule has 0 aromatic carbocycles. The number of alkyl halides is 2. The minimum Gasteiger partial charge on any atom is -0.501 e. The summed E-state index contributed by atoms with van der Waals surface area (Å²) in [5.41, 5.74) is 0.437. The molecular weight excluding hydrogens is 180 g/mol. The Morgan fingerprint density at radius 2 is 2.46 bits per heavy atom. The van der Waals surface area contributed by atoms with Gasteiger partial charge in [0.25, 0.3) is 6.43 Å². The first-order valence-electron chi connectivity index (χ1n) is 4.07. The van der Waals surface area contributed by atoms with Gasteiger partial charge in [-0.05, 0) is 12.8 Å². The molecule has 1 aliphatic heterocycles. The molecular formula is C8H11F2NO2. The lowest BCUT2D eigenvalue weighted by molar-refractivity contribution is -0.118. The second-order valence-electron chi connectivity index (χ2n) is 2.72. The number of carbonyl (C=O) groups is 1. The van der Waals surface area contributed by atoms with E-state index in [0.717, 1.165) is 6.42 Å². The summed E-state index contributed by atoms with van der Waals surface area (Å²) in [6, 6.07) is 0. The molecule has 0 fully saturated rings. The van der Waals surface area contributed by atoms with Gasteiger partial charge in [-0.15, -0.1) is 0 Å². The molecule has 1 heterocycles. The molecule has 1 N–H and O–H groups in total. The first-order chi connectivity index (χ1) is 6.20. The largest absolute Gasteiger partial charge is 0.501 e. The van der Waals surface area contributed by atoms with Crippen molar-refractivity contribution in [2.75, 3.05) is 13.2 Å². The molecule has 1 aliphatic rings. The van der Waals surface area contributed by atoms with Gasteiger partial charge in [-0.25, -0.2) is 8.78 Å². The van der Waals surface area contributed by atoms with Crippen molar-refractivity contribution in [3.63, 3.8) is 0 Å². The second kappa shape index (κ2) is 4.79. The first kappa shape index (κ1) is 9.95. The maximum Gasteiger partial charge on any atom is 0.255 e. The third-order valence-corrected chi connectivity index (χ3v) is 1.64. The van der Waals surface area contributed by atoms with E-state index in [4.69, 9.17) is 4.74 Å². The summed E-state index contributed by atoms with van der Waals surface area (Å²) in [6.07, 6.45) is 0.182. The molecule has 0 radical (unpaired) electrons. The van der Waals surface area contributed by atoms with Gasteiger partial charge in [0.15, 0.2) is 0 Å². The molecule has 0 aliphatic carbocycles. The molecule has 0 unspecified atom stereocenters. The van der Waals surface area contributed by atoms with E-state index in [2.05, 4.69) is 5.32 Å². The van der Waals surface area contributed by atoms with Gasteiger partial charge < -0.3 is 10.1 Å². The maximum atomic E-state index is 11.7. The number of halogens is 2. The Morgan fingerprint density at radius 1 is 1.69 bits per heavy atom. The third kappa shape index (κ3) is 3.40. The Hall–Kier alpha value is -1.13. The summed E-state index contributed by atoms with van der Waals surface area (Å²) in [4.78, 5) is 11.1. The topological polar surface area (TPSA) is 38.3 Å². The molecule has 0 atom stereocenters. The van der Waals surface area contributed by atoms with Gasteiger partial charge in [-0.2, -0.15) is 0 Å². The number of carbonyl (C=O) groups excluding carboxylic acids is 1. The van der Waals surface area contributed by atoms with E-state index in [9.17, 15) is 13.6 Å². The van der Waals surface area contributed by atoms with Crippen LogP contribution in [0, 0.1) is 0 Å². The van der Waals surface area contributed by atoms with Gasteiger partial charge in [0.1, 0.15) is 0 Å². The van der Waals surface area contributed by atoms with Crippen LogP contribution in [-0.2, 0) is 9.53 Å².